The summed E-state index contributed by atoms with van der Waals surface area (Å²) in [5.41, 5.74) is 14.8. The Bertz CT molecular complexity index is 1450. The van der Waals surface area contributed by atoms with Crippen molar-refractivity contribution in [2.24, 2.45) is 11.3 Å². The largest absolute Gasteiger partial charge is 0.378 e. The lowest BCUT2D eigenvalue weighted by molar-refractivity contribution is 0.465. The maximum Gasteiger partial charge on any atom is 0.0554 e. The van der Waals surface area contributed by atoms with Crippen molar-refractivity contribution in [1.29, 1.82) is 0 Å². The number of fused-ring (bicyclic) bond motifs is 12. The SMILES string of the molecule is CC1(C)C2=Cc3c(c4c(c5ccccc35)CCCC4)CC2C2=C1C1Nc3ccccc3C1CC2. The topological polar surface area (TPSA) is 12.0 Å². The van der Waals surface area contributed by atoms with Gasteiger partial charge in [0.15, 0.2) is 0 Å². The Balaban J connectivity index is 1.32. The van der Waals surface area contributed by atoms with E-state index in [9.17, 15) is 0 Å². The van der Waals surface area contributed by atoms with Gasteiger partial charge in [-0.25, -0.2) is 0 Å². The third-order valence-electron chi connectivity index (χ3n) is 10.1. The quantitative estimate of drug-likeness (QED) is 0.347. The molecule has 170 valence electrons. The monoisotopic (exact) mass is 443 g/mol. The Morgan fingerprint density at radius 1 is 0.824 bits per heavy atom. The fraction of sp³-hybridized carbons (Fsp3) is 0.394. The van der Waals surface area contributed by atoms with Gasteiger partial charge in [0.05, 0.1) is 6.04 Å². The van der Waals surface area contributed by atoms with Crippen molar-refractivity contribution >= 4 is 22.5 Å². The van der Waals surface area contributed by atoms with Crippen molar-refractivity contribution in [3.8, 4) is 0 Å². The van der Waals surface area contributed by atoms with Crippen LogP contribution in [0.15, 0.2) is 65.3 Å². The molecule has 1 aliphatic heterocycles. The second-order valence-electron chi connectivity index (χ2n) is 11.9. The fourth-order valence-electron chi connectivity index (χ4n) is 8.68. The predicted molar refractivity (Wildman–Crippen MR) is 142 cm³/mol. The molecule has 34 heavy (non-hydrogen) atoms. The van der Waals surface area contributed by atoms with Gasteiger partial charge in [-0.3, -0.25) is 0 Å². The predicted octanol–water partition coefficient (Wildman–Crippen LogP) is 7.98. The summed E-state index contributed by atoms with van der Waals surface area (Å²) < 4.78 is 0. The number of allylic oxidation sites excluding steroid dienone is 2. The summed E-state index contributed by atoms with van der Waals surface area (Å²) >= 11 is 0. The number of benzene rings is 3. The maximum absolute atomic E-state index is 3.99. The highest BCUT2D eigenvalue weighted by atomic mass is 15.0. The third kappa shape index (κ3) is 2.36. The molecule has 5 aliphatic rings. The molecule has 0 spiro atoms. The lowest BCUT2D eigenvalue weighted by Crippen LogP contribution is -2.33. The van der Waals surface area contributed by atoms with Crippen LogP contribution in [0, 0.1) is 11.3 Å². The number of para-hydroxylation sites is 1. The molecule has 0 aromatic heterocycles. The van der Waals surface area contributed by atoms with Gasteiger partial charge in [0.2, 0.25) is 0 Å². The molecule has 0 saturated carbocycles. The Labute approximate surface area is 203 Å². The van der Waals surface area contributed by atoms with Crippen molar-refractivity contribution < 1.29 is 0 Å². The second-order valence-corrected chi connectivity index (χ2v) is 11.9. The normalized spacial score (nSPS) is 27.7. The van der Waals surface area contributed by atoms with Gasteiger partial charge in [0.1, 0.15) is 0 Å². The minimum atomic E-state index is 0.118. The van der Waals surface area contributed by atoms with E-state index in [0.717, 1.165) is 0 Å². The highest BCUT2D eigenvalue weighted by Crippen LogP contribution is 2.62. The number of nitrogens with one attached hydrogen (secondary N) is 1. The van der Waals surface area contributed by atoms with E-state index in [1.54, 1.807) is 44.5 Å². The first kappa shape index (κ1) is 19.5. The molecule has 0 radical (unpaired) electrons. The molecule has 4 aliphatic carbocycles. The van der Waals surface area contributed by atoms with Gasteiger partial charge in [-0.1, -0.05) is 73.5 Å². The van der Waals surface area contributed by atoms with Crippen LogP contribution >= 0.6 is 0 Å². The van der Waals surface area contributed by atoms with Crippen molar-refractivity contribution in [2.45, 2.75) is 70.8 Å². The number of hydrogen-bond donors (Lipinski definition) is 1. The molecule has 3 aromatic rings. The summed E-state index contributed by atoms with van der Waals surface area (Å²) in [4.78, 5) is 0. The molecule has 1 heterocycles. The van der Waals surface area contributed by atoms with Gasteiger partial charge in [-0.2, -0.15) is 0 Å². The van der Waals surface area contributed by atoms with Gasteiger partial charge in [0, 0.05) is 22.9 Å². The summed E-state index contributed by atoms with van der Waals surface area (Å²) in [5, 5.41) is 7.00. The molecular formula is C33H33N. The summed E-state index contributed by atoms with van der Waals surface area (Å²) in [6.45, 7) is 5.04. The molecular weight excluding hydrogens is 410 g/mol. The average molecular weight is 444 g/mol. The highest BCUT2D eigenvalue weighted by Gasteiger charge is 2.52. The molecule has 3 atom stereocenters. The van der Waals surface area contributed by atoms with Gasteiger partial charge >= 0.3 is 0 Å². The van der Waals surface area contributed by atoms with E-state index in [0.29, 0.717) is 17.9 Å². The van der Waals surface area contributed by atoms with Crippen LogP contribution in [0.1, 0.15) is 73.3 Å². The van der Waals surface area contributed by atoms with E-state index in [1.165, 1.54) is 61.4 Å². The standard InChI is InChI=1S/C33H33N/c1-33(2)29-18-27-22-12-6-4-10-20(22)19-9-3-5-11-21(19)26(27)17-28(29)24-15-16-25-23-13-7-8-14-30(23)34-32(25)31(24)33/h4,6-8,10,12-14,18,25,28,32,34H,3,5,9,11,15-17H2,1-2H3. The van der Waals surface area contributed by atoms with Crippen LogP contribution < -0.4 is 5.32 Å². The zero-order valence-corrected chi connectivity index (χ0v) is 20.4. The van der Waals surface area contributed by atoms with E-state index >= 15 is 0 Å². The molecule has 1 heteroatoms. The summed E-state index contributed by atoms with van der Waals surface area (Å²) in [5.74, 6) is 1.24. The van der Waals surface area contributed by atoms with Crippen molar-refractivity contribution in [3.05, 3.63) is 93.1 Å². The van der Waals surface area contributed by atoms with Crippen LogP contribution in [0.4, 0.5) is 5.69 Å². The summed E-state index contributed by atoms with van der Waals surface area (Å²) in [6, 6.07) is 18.8. The van der Waals surface area contributed by atoms with Gasteiger partial charge < -0.3 is 5.32 Å². The van der Waals surface area contributed by atoms with E-state index in [2.05, 4.69) is 73.8 Å². The Kier molecular flexibility index (Phi) is 3.82. The van der Waals surface area contributed by atoms with E-state index in [1.807, 2.05) is 0 Å². The molecule has 0 saturated heterocycles. The first-order valence-corrected chi connectivity index (χ1v) is 13.5. The van der Waals surface area contributed by atoms with E-state index in [4.69, 9.17) is 0 Å². The molecule has 3 unspecified atom stereocenters. The molecule has 8 rings (SSSR count). The van der Waals surface area contributed by atoms with Crippen LogP contribution in [-0.2, 0) is 19.3 Å². The van der Waals surface area contributed by atoms with Crippen LogP contribution in [0.5, 0.6) is 0 Å². The average Bonchev–Trinajstić information content (AvgIpc) is 3.36. The molecule has 0 bridgehead atoms. The van der Waals surface area contributed by atoms with Gasteiger partial charge in [0.25, 0.3) is 0 Å². The number of rotatable bonds is 0. The lowest BCUT2D eigenvalue weighted by atomic mass is 9.70. The molecule has 1 nitrogen and oxygen atoms in total. The fourth-order valence-corrected chi connectivity index (χ4v) is 8.68. The van der Waals surface area contributed by atoms with Crippen molar-refractivity contribution in [2.75, 3.05) is 5.32 Å². The number of hydrogen-bond acceptors (Lipinski definition) is 1. The van der Waals surface area contributed by atoms with Crippen LogP contribution in [0.25, 0.3) is 16.8 Å². The van der Waals surface area contributed by atoms with Crippen molar-refractivity contribution in [3.63, 3.8) is 0 Å². The van der Waals surface area contributed by atoms with E-state index in [-0.39, 0.29) is 5.41 Å². The minimum Gasteiger partial charge on any atom is -0.378 e. The molecule has 1 N–H and O–H groups in total. The van der Waals surface area contributed by atoms with Crippen LogP contribution in [0.2, 0.25) is 0 Å². The highest BCUT2D eigenvalue weighted by molar-refractivity contribution is 5.97. The first-order valence-electron chi connectivity index (χ1n) is 13.5. The van der Waals surface area contributed by atoms with Crippen LogP contribution in [0.3, 0.4) is 0 Å². The van der Waals surface area contributed by atoms with Gasteiger partial charge in [-0.15, -0.1) is 0 Å². The van der Waals surface area contributed by atoms with Gasteiger partial charge in [-0.05, 0) is 95.2 Å². The Morgan fingerprint density at radius 3 is 2.47 bits per heavy atom. The molecule has 0 fully saturated rings. The first-order chi connectivity index (χ1) is 16.6. The third-order valence-corrected chi connectivity index (χ3v) is 10.1. The Hall–Kier alpha value is -2.80. The summed E-state index contributed by atoms with van der Waals surface area (Å²) in [6.07, 6.45) is 11.7. The van der Waals surface area contributed by atoms with Crippen LogP contribution in [-0.4, -0.2) is 6.04 Å². The summed E-state index contributed by atoms with van der Waals surface area (Å²) in [7, 11) is 0. The maximum atomic E-state index is 3.99. The minimum absolute atomic E-state index is 0.118. The Morgan fingerprint density at radius 2 is 1.59 bits per heavy atom. The smallest absolute Gasteiger partial charge is 0.0554 e. The van der Waals surface area contributed by atoms with E-state index < -0.39 is 0 Å². The number of aryl methyl sites for hydroxylation is 1. The number of anilines is 1. The molecule has 3 aromatic carbocycles. The molecule has 0 amide bonds. The second kappa shape index (κ2) is 6.66. The van der Waals surface area contributed by atoms with Crippen molar-refractivity contribution in [1.82, 2.24) is 0 Å². The lowest BCUT2D eigenvalue weighted by Gasteiger charge is -2.36. The zero-order chi connectivity index (χ0) is 22.6. The zero-order valence-electron chi connectivity index (χ0n) is 20.4.